The molecule has 0 amide bonds. The molecule has 1 heterocycles. The van der Waals surface area contributed by atoms with E-state index < -0.39 is 0 Å². The maximum Gasteiger partial charge on any atom is 0.0107 e. The van der Waals surface area contributed by atoms with E-state index in [1.807, 2.05) is 0 Å². The minimum atomic E-state index is 0.790. The van der Waals surface area contributed by atoms with Gasteiger partial charge in [-0.05, 0) is 19.5 Å². The Morgan fingerprint density at radius 1 is 1.36 bits per heavy atom. The number of hydrogen-bond donors (Lipinski definition) is 1. The number of nitrogens with one attached hydrogen (secondary N) is 1. The number of piperazine rings is 1. The van der Waals surface area contributed by atoms with Crippen LogP contribution in [0.15, 0.2) is 0 Å². The second kappa shape index (κ2) is 6.38. The largest absolute Gasteiger partial charge is 0.314 e. The Morgan fingerprint density at radius 3 is 2.57 bits per heavy atom. The van der Waals surface area contributed by atoms with Crippen molar-refractivity contribution in [1.82, 2.24) is 15.1 Å². The van der Waals surface area contributed by atoms with Crippen LogP contribution in [-0.2, 0) is 0 Å². The summed E-state index contributed by atoms with van der Waals surface area (Å²) in [5, 5.41) is 3.39. The summed E-state index contributed by atoms with van der Waals surface area (Å²) in [7, 11) is 2.20. The number of rotatable bonds is 5. The summed E-state index contributed by atoms with van der Waals surface area (Å²) in [5.74, 6) is 0.790. The van der Waals surface area contributed by atoms with Crippen LogP contribution in [0.25, 0.3) is 0 Å². The summed E-state index contributed by atoms with van der Waals surface area (Å²) in [6.45, 7) is 13.0. The third-order valence-electron chi connectivity index (χ3n) is 2.94. The molecule has 1 unspecified atom stereocenters. The molecule has 0 saturated carbocycles. The predicted molar refractivity (Wildman–Crippen MR) is 61.6 cm³/mol. The third kappa shape index (κ3) is 4.40. The molecule has 1 N–H and O–H groups in total. The molecule has 1 atom stereocenters. The third-order valence-corrected chi connectivity index (χ3v) is 2.94. The van der Waals surface area contributed by atoms with E-state index in [4.69, 9.17) is 0 Å². The first kappa shape index (κ1) is 12.0. The predicted octanol–water partition coefficient (Wildman–Crippen LogP) is 0.479. The SMILES string of the molecule is CCN(C)CC(C)CN1CCNCC1. The summed E-state index contributed by atoms with van der Waals surface area (Å²) in [5.41, 5.74) is 0. The molecule has 0 spiro atoms. The molecular formula is C11H25N3. The van der Waals surface area contributed by atoms with E-state index in [-0.39, 0.29) is 0 Å². The van der Waals surface area contributed by atoms with Gasteiger partial charge in [0.05, 0.1) is 0 Å². The average molecular weight is 199 g/mol. The highest BCUT2D eigenvalue weighted by atomic mass is 15.2. The maximum atomic E-state index is 3.39. The van der Waals surface area contributed by atoms with Gasteiger partial charge in [-0.25, -0.2) is 0 Å². The molecule has 3 nitrogen and oxygen atoms in total. The van der Waals surface area contributed by atoms with Gasteiger partial charge in [-0.3, -0.25) is 0 Å². The van der Waals surface area contributed by atoms with Crippen LogP contribution in [0.3, 0.4) is 0 Å². The highest BCUT2D eigenvalue weighted by Crippen LogP contribution is 2.03. The van der Waals surface area contributed by atoms with Gasteiger partial charge in [-0.2, -0.15) is 0 Å². The van der Waals surface area contributed by atoms with Crippen LogP contribution >= 0.6 is 0 Å². The van der Waals surface area contributed by atoms with Gasteiger partial charge in [-0.15, -0.1) is 0 Å². The van der Waals surface area contributed by atoms with E-state index in [0.717, 1.165) is 25.6 Å². The van der Waals surface area contributed by atoms with E-state index in [1.54, 1.807) is 0 Å². The molecule has 1 aliphatic heterocycles. The van der Waals surface area contributed by atoms with E-state index in [0.29, 0.717) is 0 Å². The van der Waals surface area contributed by atoms with Crippen LogP contribution in [0.2, 0.25) is 0 Å². The van der Waals surface area contributed by atoms with Crippen molar-refractivity contribution in [3.8, 4) is 0 Å². The first-order chi connectivity index (χ1) is 6.72. The highest BCUT2D eigenvalue weighted by molar-refractivity contribution is 4.70. The van der Waals surface area contributed by atoms with Crippen LogP contribution in [0, 0.1) is 5.92 Å². The van der Waals surface area contributed by atoms with Gasteiger partial charge < -0.3 is 15.1 Å². The molecule has 1 saturated heterocycles. The van der Waals surface area contributed by atoms with Crippen molar-refractivity contribution in [2.45, 2.75) is 13.8 Å². The molecule has 0 aromatic carbocycles. The summed E-state index contributed by atoms with van der Waals surface area (Å²) in [4.78, 5) is 4.97. The minimum absolute atomic E-state index is 0.790. The van der Waals surface area contributed by atoms with Gasteiger partial charge >= 0.3 is 0 Å². The molecule has 0 radical (unpaired) electrons. The summed E-state index contributed by atoms with van der Waals surface area (Å²) >= 11 is 0. The fourth-order valence-corrected chi connectivity index (χ4v) is 2.05. The normalized spacial score (nSPS) is 21.4. The molecule has 1 fully saturated rings. The molecule has 14 heavy (non-hydrogen) atoms. The maximum absolute atomic E-state index is 3.39. The van der Waals surface area contributed by atoms with Crippen molar-refractivity contribution in [2.75, 3.05) is 52.9 Å². The Morgan fingerprint density at radius 2 is 2.00 bits per heavy atom. The monoisotopic (exact) mass is 199 g/mol. The lowest BCUT2D eigenvalue weighted by molar-refractivity contribution is 0.186. The van der Waals surface area contributed by atoms with Crippen molar-refractivity contribution in [3.63, 3.8) is 0 Å². The molecule has 84 valence electrons. The van der Waals surface area contributed by atoms with Crippen molar-refractivity contribution < 1.29 is 0 Å². The van der Waals surface area contributed by atoms with Gasteiger partial charge in [0.15, 0.2) is 0 Å². The zero-order valence-corrected chi connectivity index (χ0v) is 9.92. The number of hydrogen-bond acceptors (Lipinski definition) is 3. The Hall–Kier alpha value is -0.120. The lowest BCUT2D eigenvalue weighted by Gasteiger charge is -2.30. The first-order valence-electron chi connectivity index (χ1n) is 5.84. The first-order valence-corrected chi connectivity index (χ1v) is 5.84. The Bertz CT molecular complexity index is 143. The quantitative estimate of drug-likeness (QED) is 0.695. The average Bonchev–Trinajstić information content (AvgIpc) is 2.19. The zero-order valence-electron chi connectivity index (χ0n) is 9.92. The van der Waals surface area contributed by atoms with E-state index in [9.17, 15) is 0 Å². The van der Waals surface area contributed by atoms with Gasteiger partial charge in [0.1, 0.15) is 0 Å². The van der Waals surface area contributed by atoms with Gasteiger partial charge in [-0.1, -0.05) is 13.8 Å². The van der Waals surface area contributed by atoms with Crippen molar-refractivity contribution >= 4 is 0 Å². The van der Waals surface area contributed by atoms with Crippen LogP contribution in [0.1, 0.15) is 13.8 Å². The van der Waals surface area contributed by atoms with E-state index in [1.165, 1.54) is 26.2 Å². The Balaban J connectivity index is 2.14. The molecular weight excluding hydrogens is 174 g/mol. The van der Waals surface area contributed by atoms with Crippen molar-refractivity contribution in [2.24, 2.45) is 5.92 Å². The molecule has 0 aromatic rings. The Kier molecular flexibility index (Phi) is 5.45. The highest BCUT2D eigenvalue weighted by Gasteiger charge is 2.13. The molecule has 1 rings (SSSR count). The second-order valence-electron chi connectivity index (χ2n) is 4.51. The minimum Gasteiger partial charge on any atom is -0.314 e. The molecule has 3 heteroatoms. The lowest BCUT2D eigenvalue weighted by atomic mass is 10.1. The number of nitrogens with zero attached hydrogens (tertiary/aromatic N) is 2. The zero-order chi connectivity index (χ0) is 10.4. The fourth-order valence-electron chi connectivity index (χ4n) is 2.05. The Labute approximate surface area is 88.5 Å². The topological polar surface area (TPSA) is 18.5 Å². The van der Waals surface area contributed by atoms with E-state index >= 15 is 0 Å². The van der Waals surface area contributed by atoms with Crippen molar-refractivity contribution in [3.05, 3.63) is 0 Å². The van der Waals surface area contributed by atoms with Crippen LogP contribution in [-0.4, -0.2) is 62.7 Å². The second-order valence-corrected chi connectivity index (χ2v) is 4.51. The van der Waals surface area contributed by atoms with Gasteiger partial charge in [0, 0.05) is 39.3 Å². The molecule has 0 aliphatic carbocycles. The smallest absolute Gasteiger partial charge is 0.0107 e. The molecule has 1 aliphatic rings. The van der Waals surface area contributed by atoms with Crippen LogP contribution in [0.5, 0.6) is 0 Å². The summed E-state index contributed by atoms with van der Waals surface area (Å²) in [6, 6.07) is 0. The standard InChI is InChI=1S/C11H25N3/c1-4-13(3)9-11(2)10-14-7-5-12-6-8-14/h11-12H,4-10H2,1-3H3. The molecule has 0 aromatic heterocycles. The fraction of sp³-hybridized carbons (Fsp3) is 1.00. The van der Waals surface area contributed by atoms with Gasteiger partial charge in [0.2, 0.25) is 0 Å². The van der Waals surface area contributed by atoms with Crippen LogP contribution in [0.4, 0.5) is 0 Å². The summed E-state index contributed by atoms with van der Waals surface area (Å²) < 4.78 is 0. The van der Waals surface area contributed by atoms with Crippen LogP contribution < -0.4 is 5.32 Å². The van der Waals surface area contributed by atoms with Gasteiger partial charge in [0.25, 0.3) is 0 Å². The molecule has 0 bridgehead atoms. The van der Waals surface area contributed by atoms with Crippen molar-refractivity contribution in [1.29, 1.82) is 0 Å². The van der Waals surface area contributed by atoms with E-state index in [2.05, 4.69) is 36.0 Å². The lowest BCUT2D eigenvalue weighted by Crippen LogP contribution is -2.46. The summed E-state index contributed by atoms with van der Waals surface area (Å²) in [6.07, 6.45) is 0.